The third-order valence-electron chi connectivity index (χ3n) is 4.18. The first-order valence-electron chi connectivity index (χ1n) is 7.08. The largest absolute Gasteiger partial charge is 0.481 e. The van der Waals surface area contributed by atoms with Crippen LogP contribution in [0.1, 0.15) is 43.4 Å². The first-order valence-corrected chi connectivity index (χ1v) is 7.08. The van der Waals surface area contributed by atoms with E-state index in [-0.39, 0.29) is 17.9 Å². The molecule has 1 aromatic rings. The lowest BCUT2D eigenvalue weighted by Gasteiger charge is -2.20. The molecule has 1 fully saturated rings. The maximum Gasteiger partial charge on any atom is 0.306 e. The van der Waals surface area contributed by atoms with Crippen LogP contribution in [0.3, 0.4) is 0 Å². The Balaban J connectivity index is 1.93. The van der Waals surface area contributed by atoms with E-state index in [0.29, 0.717) is 5.56 Å². The van der Waals surface area contributed by atoms with Crippen molar-refractivity contribution in [1.82, 2.24) is 5.32 Å². The van der Waals surface area contributed by atoms with Crippen molar-refractivity contribution in [3.05, 3.63) is 35.4 Å². The van der Waals surface area contributed by atoms with E-state index in [1.165, 1.54) is 0 Å². The summed E-state index contributed by atoms with van der Waals surface area (Å²) in [6, 6.07) is 9.79. The van der Waals surface area contributed by atoms with Crippen LogP contribution >= 0.6 is 0 Å². The lowest BCUT2D eigenvalue weighted by molar-refractivity contribution is -0.142. The predicted octanol–water partition coefficient (Wildman–Crippen LogP) is 2.71. The maximum atomic E-state index is 11.1. The summed E-state index contributed by atoms with van der Waals surface area (Å²) in [5.74, 6) is -0.664. The van der Waals surface area contributed by atoms with Gasteiger partial charge < -0.3 is 10.4 Å². The smallest absolute Gasteiger partial charge is 0.306 e. The minimum absolute atomic E-state index is 0.123. The summed E-state index contributed by atoms with van der Waals surface area (Å²) in [6.45, 7) is 2.76. The molecule has 4 heteroatoms. The zero-order chi connectivity index (χ0) is 14.5. The molecule has 0 aromatic heterocycles. The Morgan fingerprint density at radius 1 is 1.55 bits per heavy atom. The molecule has 0 saturated heterocycles. The Hall–Kier alpha value is -1.86. The van der Waals surface area contributed by atoms with E-state index in [2.05, 4.69) is 11.4 Å². The van der Waals surface area contributed by atoms with Gasteiger partial charge in [0.1, 0.15) is 0 Å². The molecule has 0 aliphatic heterocycles. The van der Waals surface area contributed by atoms with Gasteiger partial charge in [0.05, 0.1) is 17.6 Å². The van der Waals surface area contributed by atoms with Gasteiger partial charge in [0.15, 0.2) is 0 Å². The summed E-state index contributed by atoms with van der Waals surface area (Å²) >= 11 is 0. The zero-order valence-electron chi connectivity index (χ0n) is 11.7. The number of hydrogen-bond acceptors (Lipinski definition) is 3. The Morgan fingerprint density at radius 2 is 2.35 bits per heavy atom. The molecule has 2 rings (SSSR count). The quantitative estimate of drug-likeness (QED) is 0.864. The van der Waals surface area contributed by atoms with E-state index >= 15 is 0 Å². The first-order chi connectivity index (χ1) is 9.61. The number of carboxylic acids is 1. The van der Waals surface area contributed by atoms with Gasteiger partial charge in [-0.2, -0.15) is 5.26 Å². The second-order valence-electron chi connectivity index (χ2n) is 5.50. The lowest BCUT2D eigenvalue weighted by Crippen LogP contribution is -2.30. The maximum absolute atomic E-state index is 11.1. The third kappa shape index (κ3) is 3.37. The van der Waals surface area contributed by atoms with Crippen molar-refractivity contribution in [3.8, 4) is 6.07 Å². The van der Waals surface area contributed by atoms with Gasteiger partial charge in [-0.1, -0.05) is 18.6 Å². The fourth-order valence-corrected chi connectivity index (χ4v) is 2.93. The summed E-state index contributed by atoms with van der Waals surface area (Å²) in [7, 11) is 0. The Bertz CT molecular complexity index is 521. The number of hydrogen-bond donors (Lipinski definition) is 2. The van der Waals surface area contributed by atoms with Gasteiger partial charge >= 0.3 is 5.97 Å². The minimum Gasteiger partial charge on any atom is -0.481 e. The van der Waals surface area contributed by atoms with E-state index < -0.39 is 5.97 Å². The molecule has 0 radical (unpaired) electrons. The third-order valence-corrected chi connectivity index (χ3v) is 4.18. The van der Waals surface area contributed by atoms with E-state index in [9.17, 15) is 9.90 Å². The van der Waals surface area contributed by atoms with Gasteiger partial charge in [-0.05, 0) is 49.9 Å². The van der Waals surface area contributed by atoms with Crippen LogP contribution in [0.15, 0.2) is 24.3 Å². The van der Waals surface area contributed by atoms with Gasteiger partial charge in [0.2, 0.25) is 0 Å². The van der Waals surface area contributed by atoms with Crippen molar-refractivity contribution in [1.29, 1.82) is 5.26 Å². The highest BCUT2D eigenvalue weighted by Gasteiger charge is 2.32. The molecule has 106 valence electrons. The average Bonchev–Trinajstić information content (AvgIpc) is 2.93. The molecule has 0 spiro atoms. The van der Waals surface area contributed by atoms with Crippen LogP contribution in [0.2, 0.25) is 0 Å². The molecule has 0 bridgehead atoms. The SMILES string of the molecule is CC(NCC1CCCC1C(=O)O)c1cccc(C#N)c1. The summed E-state index contributed by atoms with van der Waals surface area (Å²) in [6.07, 6.45) is 2.77. The van der Waals surface area contributed by atoms with Crippen LogP contribution in [0.5, 0.6) is 0 Å². The molecule has 3 unspecified atom stereocenters. The Kier molecular flexibility index (Phi) is 4.75. The van der Waals surface area contributed by atoms with Gasteiger partial charge in [0, 0.05) is 6.04 Å². The van der Waals surface area contributed by atoms with Gasteiger partial charge in [0.25, 0.3) is 0 Å². The Morgan fingerprint density at radius 3 is 3.05 bits per heavy atom. The van der Waals surface area contributed by atoms with E-state index in [1.807, 2.05) is 25.1 Å². The number of carbonyl (C=O) groups is 1. The van der Waals surface area contributed by atoms with Crippen LogP contribution in [-0.2, 0) is 4.79 Å². The Labute approximate surface area is 119 Å². The molecule has 1 saturated carbocycles. The minimum atomic E-state index is -0.673. The van der Waals surface area contributed by atoms with Crippen LogP contribution < -0.4 is 5.32 Å². The van der Waals surface area contributed by atoms with Crippen molar-refractivity contribution >= 4 is 5.97 Å². The second kappa shape index (κ2) is 6.53. The van der Waals surface area contributed by atoms with Crippen molar-refractivity contribution in [2.75, 3.05) is 6.54 Å². The van der Waals surface area contributed by atoms with E-state index in [4.69, 9.17) is 5.26 Å². The number of nitriles is 1. The first kappa shape index (κ1) is 14.5. The standard InChI is InChI=1S/C16H20N2O2/c1-11(13-5-2-4-12(8-13)9-17)18-10-14-6-3-7-15(14)16(19)20/h2,4-5,8,11,14-15,18H,3,6-7,10H2,1H3,(H,19,20). The molecule has 3 atom stereocenters. The van der Waals surface area contributed by atoms with Gasteiger partial charge in [-0.15, -0.1) is 0 Å². The van der Waals surface area contributed by atoms with Gasteiger partial charge in [-0.25, -0.2) is 0 Å². The number of rotatable bonds is 5. The molecular formula is C16H20N2O2. The summed E-state index contributed by atoms with van der Waals surface area (Å²) in [4.78, 5) is 11.1. The zero-order valence-corrected chi connectivity index (χ0v) is 11.7. The van der Waals surface area contributed by atoms with E-state index in [0.717, 1.165) is 31.4 Å². The second-order valence-corrected chi connectivity index (χ2v) is 5.50. The topological polar surface area (TPSA) is 73.1 Å². The highest BCUT2D eigenvalue weighted by atomic mass is 16.4. The van der Waals surface area contributed by atoms with Crippen molar-refractivity contribution in [2.45, 2.75) is 32.2 Å². The van der Waals surface area contributed by atoms with Crippen molar-refractivity contribution in [2.24, 2.45) is 11.8 Å². The highest BCUT2D eigenvalue weighted by molar-refractivity contribution is 5.70. The fourth-order valence-electron chi connectivity index (χ4n) is 2.93. The molecule has 0 heterocycles. The van der Waals surface area contributed by atoms with Crippen LogP contribution in [-0.4, -0.2) is 17.6 Å². The number of carboxylic acid groups (broad SMARTS) is 1. The molecular weight excluding hydrogens is 252 g/mol. The number of nitrogens with one attached hydrogen (secondary N) is 1. The summed E-state index contributed by atoms with van der Waals surface area (Å²) in [5, 5.41) is 21.5. The molecule has 4 nitrogen and oxygen atoms in total. The highest BCUT2D eigenvalue weighted by Crippen LogP contribution is 2.31. The number of aliphatic carboxylic acids is 1. The van der Waals surface area contributed by atoms with E-state index in [1.54, 1.807) is 6.07 Å². The molecule has 2 N–H and O–H groups in total. The monoisotopic (exact) mass is 272 g/mol. The van der Waals surface area contributed by atoms with Crippen molar-refractivity contribution in [3.63, 3.8) is 0 Å². The lowest BCUT2D eigenvalue weighted by atomic mass is 9.95. The van der Waals surface area contributed by atoms with Crippen LogP contribution in [0, 0.1) is 23.2 Å². The molecule has 0 amide bonds. The number of nitrogens with zero attached hydrogens (tertiary/aromatic N) is 1. The average molecular weight is 272 g/mol. The van der Waals surface area contributed by atoms with Crippen LogP contribution in [0.4, 0.5) is 0 Å². The molecule has 20 heavy (non-hydrogen) atoms. The molecule has 1 aliphatic rings. The molecule has 1 aromatic carbocycles. The predicted molar refractivity (Wildman–Crippen MR) is 76.0 cm³/mol. The molecule has 1 aliphatic carbocycles. The van der Waals surface area contributed by atoms with Gasteiger partial charge in [-0.3, -0.25) is 4.79 Å². The number of benzene rings is 1. The summed E-state index contributed by atoms with van der Waals surface area (Å²) < 4.78 is 0. The van der Waals surface area contributed by atoms with Crippen molar-refractivity contribution < 1.29 is 9.90 Å². The summed E-state index contributed by atoms with van der Waals surface area (Å²) in [5.41, 5.74) is 1.72. The van der Waals surface area contributed by atoms with Crippen LogP contribution in [0.25, 0.3) is 0 Å². The normalized spacial score (nSPS) is 23.2. The fraction of sp³-hybridized carbons (Fsp3) is 0.500.